The number of fused-ring (bicyclic) bond motifs is 1. The highest BCUT2D eigenvalue weighted by molar-refractivity contribution is 7.98. The number of hydrogen-bond acceptors (Lipinski definition) is 6. The lowest BCUT2D eigenvalue weighted by atomic mass is 10.1. The molecule has 2 N–H and O–H groups in total. The number of ether oxygens (including phenoxy) is 1. The van der Waals surface area contributed by atoms with Crippen LogP contribution in [0.1, 0.15) is 18.9 Å². The molecule has 1 aromatic heterocycles. The van der Waals surface area contributed by atoms with E-state index in [2.05, 4.69) is 5.32 Å². The lowest BCUT2D eigenvalue weighted by Gasteiger charge is -2.14. The van der Waals surface area contributed by atoms with Gasteiger partial charge in [0.2, 0.25) is 0 Å². The first kappa shape index (κ1) is 19.8. The van der Waals surface area contributed by atoms with Crippen LogP contribution in [0.5, 0.6) is 5.75 Å². The predicted octanol–water partition coefficient (Wildman–Crippen LogP) is 2.06. The Morgan fingerprint density at radius 1 is 1.35 bits per heavy atom. The molecule has 0 spiro atoms. The zero-order valence-corrected chi connectivity index (χ0v) is 15.4. The van der Waals surface area contributed by atoms with E-state index in [-0.39, 0.29) is 12.4 Å². The fourth-order valence-electron chi connectivity index (χ4n) is 2.50. The monoisotopic (exact) mass is 379 g/mol. The maximum absolute atomic E-state index is 11.9. The van der Waals surface area contributed by atoms with Gasteiger partial charge in [-0.2, -0.15) is 11.8 Å². The summed E-state index contributed by atoms with van der Waals surface area (Å²) in [5.74, 6) is -1.000. The summed E-state index contributed by atoms with van der Waals surface area (Å²) in [6.45, 7) is 1.69. The Kier molecular flexibility index (Phi) is 7.08. The maximum atomic E-state index is 11.9. The van der Waals surface area contributed by atoms with Crippen molar-refractivity contribution in [3.63, 3.8) is 0 Å². The number of benzene rings is 1. The summed E-state index contributed by atoms with van der Waals surface area (Å²) in [6, 6.07) is 5.54. The molecule has 0 unspecified atom stereocenters. The summed E-state index contributed by atoms with van der Waals surface area (Å²) in [7, 11) is 0. The van der Waals surface area contributed by atoms with E-state index in [1.807, 2.05) is 6.92 Å². The van der Waals surface area contributed by atoms with Crippen LogP contribution in [0.4, 0.5) is 0 Å². The van der Waals surface area contributed by atoms with E-state index in [1.54, 1.807) is 24.5 Å². The van der Waals surface area contributed by atoms with E-state index in [0.29, 0.717) is 11.3 Å². The normalized spacial score (nSPS) is 11.9. The Hall–Kier alpha value is -2.48. The molecule has 0 aliphatic carbocycles. The van der Waals surface area contributed by atoms with Crippen molar-refractivity contribution >= 4 is 34.6 Å². The van der Waals surface area contributed by atoms with Crippen LogP contribution in [0.3, 0.4) is 0 Å². The summed E-state index contributed by atoms with van der Waals surface area (Å²) in [5, 5.41) is 12.3. The van der Waals surface area contributed by atoms with Gasteiger partial charge >= 0.3 is 11.6 Å². The molecule has 8 heteroatoms. The van der Waals surface area contributed by atoms with Crippen LogP contribution in [0.2, 0.25) is 0 Å². The van der Waals surface area contributed by atoms with Crippen molar-refractivity contribution in [2.45, 2.75) is 25.8 Å². The van der Waals surface area contributed by atoms with Crippen LogP contribution in [0.25, 0.3) is 11.0 Å². The smallest absolute Gasteiger partial charge is 0.336 e. The Morgan fingerprint density at radius 3 is 2.77 bits per heavy atom. The summed E-state index contributed by atoms with van der Waals surface area (Å²) in [5.41, 5.74) is 0.867. The lowest BCUT2D eigenvalue weighted by Crippen LogP contribution is -2.44. The molecule has 0 aliphatic rings. The molecule has 0 saturated carbocycles. The largest absolute Gasteiger partial charge is 0.484 e. The second-order valence-corrected chi connectivity index (χ2v) is 6.61. The number of nitrogens with one attached hydrogen (secondary N) is 1. The third kappa shape index (κ3) is 5.26. The third-order valence-corrected chi connectivity index (χ3v) is 4.32. The summed E-state index contributed by atoms with van der Waals surface area (Å²) < 4.78 is 10.6. The molecule has 0 saturated heterocycles. The molecular formula is C18H21NO6S. The standard InChI is InChI=1S/C18H21NO6S/c1-3-4-11-7-17(21)25-15-8-12(5-6-13(11)15)24-9-16(20)19-14(10-26-2)18(22)23/h5-8,14H,3-4,9-10H2,1-2H3,(H,19,20)(H,22,23)/t14-/m0/s1. The molecule has 7 nitrogen and oxygen atoms in total. The van der Waals surface area contributed by atoms with Crippen molar-refractivity contribution in [2.24, 2.45) is 0 Å². The number of aliphatic carboxylic acids is 1. The molecule has 2 rings (SSSR count). The van der Waals surface area contributed by atoms with Crippen molar-refractivity contribution in [1.82, 2.24) is 5.32 Å². The Labute approximate surface area is 154 Å². The fourth-order valence-corrected chi connectivity index (χ4v) is 3.06. The number of thioether (sulfide) groups is 1. The number of carbonyl (C=O) groups excluding carboxylic acids is 1. The summed E-state index contributed by atoms with van der Waals surface area (Å²) in [6.07, 6.45) is 3.42. The maximum Gasteiger partial charge on any atom is 0.336 e. The highest BCUT2D eigenvalue weighted by Gasteiger charge is 2.19. The Bertz CT molecular complexity index is 847. The first-order valence-corrected chi connectivity index (χ1v) is 9.54. The Morgan fingerprint density at radius 2 is 2.12 bits per heavy atom. The molecular weight excluding hydrogens is 358 g/mol. The zero-order valence-electron chi connectivity index (χ0n) is 14.6. The van der Waals surface area contributed by atoms with Gasteiger partial charge in [-0.25, -0.2) is 9.59 Å². The molecule has 1 aromatic carbocycles. The molecule has 1 atom stereocenters. The average Bonchev–Trinajstić information content (AvgIpc) is 2.59. The van der Waals surface area contributed by atoms with Gasteiger partial charge in [-0.15, -0.1) is 0 Å². The number of carbonyl (C=O) groups is 2. The van der Waals surface area contributed by atoms with Crippen LogP contribution in [-0.2, 0) is 16.0 Å². The second-order valence-electron chi connectivity index (χ2n) is 5.70. The van der Waals surface area contributed by atoms with Crippen LogP contribution in [0.15, 0.2) is 33.5 Å². The van der Waals surface area contributed by atoms with Crippen molar-refractivity contribution in [3.05, 3.63) is 40.2 Å². The second kappa shape index (κ2) is 9.28. The van der Waals surface area contributed by atoms with E-state index < -0.39 is 23.5 Å². The minimum Gasteiger partial charge on any atom is -0.484 e. The quantitative estimate of drug-likeness (QED) is 0.642. The van der Waals surface area contributed by atoms with Crippen LogP contribution >= 0.6 is 11.8 Å². The molecule has 1 heterocycles. The lowest BCUT2D eigenvalue weighted by molar-refractivity contribution is -0.141. The van der Waals surface area contributed by atoms with Crippen molar-refractivity contribution in [2.75, 3.05) is 18.6 Å². The topological polar surface area (TPSA) is 106 Å². The van der Waals surface area contributed by atoms with Gasteiger partial charge in [0.05, 0.1) is 0 Å². The molecule has 0 fully saturated rings. The first-order valence-electron chi connectivity index (χ1n) is 8.15. The highest BCUT2D eigenvalue weighted by atomic mass is 32.2. The number of carboxylic acids is 1. The number of hydrogen-bond donors (Lipinski definition) is 2. The van der Waals surface area contributed by atoms with Crippen molar-refractivity contribution in [1.29, 1.82) is 0 Å². The van der Waals surface area contributed by atoms with Gasteiger partial charge in [0.1, 0.15) is 17.4 Å². The van der Waals surface area contributed by atoms with Gasteiger partial charge in [-0.1, -0.05) is 13.3 Å². The first-order chi connectivity index (χ1) is 12.4. The SMILES string of the molecule is CCCc1cc(=O)oc2cc(OCC(=O)N[C@@H](CSC)C(=O)O)ccc12. The van der Waals surface area contributed by atoms with Crippen molar-refractivity contribution in [3.8, 4) is 5.75 Å². The molecule has 0 bridgehead atoms. The van der Waals surface area contributed by atoms with Gasteiger partial charge in [-0.3, -0.25) is 4.79 Å². The summed E-state index contributed by atoms with van der Waals surface area (Å²) in [4.78, 5) is 34.6. The molecule has 0 radical (unpaired) electrons. The highest BCUT2D eigenvalue weighted by Crippen LogP contribution is 2.23. The predicted molar refractivity (Wildman–Crippen MR) is 99.9 cm³/mol. The van der Waals surface area contributed by atoms with E-state index in [9.17, 15) is 14.4 Å². The van der Waals surface area contributed by atoms with Crippen LogP contribution in [0, 0.1) is 0 Å². The van der Waals surface area contributed by atoms with Crippen LogP contribution in [-0.4, -0.2) is 41.6 Å². The number of rotatable bonds is 9. The number of aryl methyl sites for hydroxylation is 1. The van der Waals surface area contributed by atoms with Gasteiger partial charge in [0.15, 0.2) is 6.61 Å². The fraction of sp³-hybridized carbons (Fsp3) is 0.389. The number of amides is 1. The molecule has 1 amide bonds. The van der Waals surface area contributed by atoms with Crippen LogP contribution < -0.4 is 15.7 Å². The molecule has 2 aromatic rings. The van der Waals surface area contributed by atoms with Gasteiger partial charge in [-0.05, 0) is 30.4 Å². The van der Waals surface area contributed by atoms with E-state index in [0.717, 1.165) is 23.8 Å². The van der Waals surface area contributed by atoms with Gasteiger partial charge in [0, 0.05) is 23.3 Å². The Balaban J connectivity index is 2.08. The number of carboxylic acid groups (broad SMARTS) is 1. The zero-order chi connectivity index (χ0) is 19.1. The average molecular weight is 379 g/mol. The van der Waals surface area contributed by atoms with Crippen molar-refractivity contribution < 1.29 is 23.8 Å². The van der Waals surface area contributed by atoms with E-state index in [4.69, 9.17) is 14.3 Å². The third-order valence-electron chi connectivity index (χ3n) is 3.66. The molecule has 26 heavy (non-hydrogen) atoms. The van der Waals surface area contributed by atoms with E-state index in [1.165, 1.54) is 17.8 Å². The molecule has 0 aliphatic heterocycles. The minimum atomic E-state index is -1.09. The molecule has 140 valence electrons. The summed E-state index contributed by atoms with van der Waals surface area (Å²) >= 11 is 1.32. The van der Waals surface area contributed by atoms with Gasteiger partial charge < -0.3 is 19.6 Å². The van der Waals surface area contributed by atoms with E-state index >= 15 is 0 Å². The minimum absolute atomic E-state index is 0.266. The van der Waals surface area contributed by atoms with Gasteiger partial charge in [0.25, 0.3) is 5.91 Å².